The van der Waals surface area contributed by atoms with Crippen LogP contribution in [0, 0.1) is 0 Å². The Balaban J connectivity index is 1.95. The van der Waals surface area contributed by atoms with Gasteiger partial charge in [-0.2, -0.15) is 0 Å². The normalized spacial score (nSPS) is 11.0. The second-order valence-corrected chi connectivity index (χ2v) is 6.28. The molecule has 2 aromatic rings. The molecule has 112 valence electrons. The van der Waals surface area contributed by atoms with Crippen molar-refractivity contribution in [2.24, 2.45) is 0 Å². The Hall–Kier alpha value is -1.45. The average Bonchev–Trinajstić information content (AvgIpc) is 3.00. The molecular formula is C18H23NOS. The summed E-state index contributed by atoms with van der Waals surface area (Å²) in [4.78, 5) is 15.9. The molecule has 3 heteroatoms. The second kappa shape index (κ2) is 8.11. The fourth-order valence-electron chi connectivity index (χ4n) is 2.34. The predicted octanol–water partition coefficient (Wildman–Crippen LogP) is 4.41. The SMILES string of the molecule is CCCc1ccc(C(=O)CN(CC)Cc2cccs2)cc1. The van der Waals surface area contributed by atoms with Crippen molar-refractivity contribution in [3.05, 3.63) is 57.8 Å². The van der Waals surface area contributed by atoms with E-state index in [1.165, 1.54) is 10.4 Å². The van der Waals surface area contributed by atoms with Gasteiger partial charge in [-0.3, -0.25) is 9.69 Å². The minimum Gasteiger partial charge on any atom is -0.293 e. The van der Waals surface area contributed by atoms with E-state index in [0.29, 0.717) is 6.54 Å². The van der Waals surface area contributed by atoms with Crippen LogP contribution in [0.1, 0.15) is 41.1 Å². The summed E-state index contributed by atoms with van der Waals surface area (Å²) in [5.74, 6) is 0.205. The van der Waals surface area contributed by atoms with E-state index in [-0.39, 0.29) is 5.78 Å². The molecule has 0 N–H and O–H groups in total. The van der Waals surface area contributed by atoms with Gasteiger partial charge in [-0.25, -0.2) is 0 Å². The highest BCUT2D eigenvalue weighted by molar-refractivity contribution is 7.09. The summed E-state index contributed by atoms with van der Waals surface area (Å²) >= 11 is 1.74. The molecule has 2 rings (SSSR count). The predicted molar refractivity (Wildman–Crippen MR) is 90.0 cm³/mol. The van der Waals surface area contributed by atoms with Gasteiger partial charge in [0.25, 0.3) is 0 Å². The number of Topliss-reactive ketones (excluding diaryl/α,β-unsaturated/α-hetero) is 1. The van der Waals surface area contributed by atoms with E-state index in [2.05, 4.69) is 48.4 Å². The first kappa shape index (κ1) is 15.9. The number of hydrogen-bond acceptors (Lipinski definition) is 3. The fraction of sp³-hybridized carbons (Fsp3) is 0.389. The van der Waals surface area contributed by atoms with Gasteiger partial charge in [0, 0.05) is 17.0 Å². The van der Waals surface area contributed by atoms with E-state index in [1.807, 2.05) is 12.1 Å². The van der Waals surface area contributed by atoms with Crippen LogP contribution in [0.2, 0.25) is 0 Å². The number of hydrogen-bond donors (Lipinski definition) is 0. The highest BCUT2D eigenvalue weighted by Gasteiger charge is 2.12. The molecule has 0 aliphatic carbocycles. The molecule has 0 saturated carbocycles. The van der Waals surface area contributed by atoms with Crippen molar-refractivity contribution in [1.82, 2.24) is 4.90 Å². The van der Waals surface area contributed by atoms with Crippen LogP contribution in [-0.2, 0) is 13.0 Å². The van der Waals surface area contributed by atoms with Gasteiger partial charge in [-0.15, -0.1) is 11.3 Å². The lowest BCUT2D eigenvalue weighted by atomic mass is 10.1. The highest BCUT2D eigenvalue weighted by Crippen LogP contribution is 2.13. The minimum atomic E-state index is 0.205. The Labute approximate surface area is 131 Å². The molecule has 0 bridgehead atoms. The zero-order chi connectivity index (χ0) is 15.1. The third kappa shape index (κ3) is 4.80. The molecule has 0 unspecified atom stereocenters. The summed E-state index contributed by atoms with van der Waals surface area (Å²) in [5.41, 5.74) is 2.12. The molecule has 0 saturated heterocycles. The number of ketones is 1. The van der Waals surface area contributed by atoms with E-state index in [4.69, 9.17) is 0 Å². The zero-order valence-corrected chi connectivity index (χ0v) is 13.7. The molecule has 1 aromatic heterocycles. The summed E-state index contributed by atoms with van der Waals surface area (Å²) in [6, 6.07) is 12.3. The van der Waals surface area contributed by atoms with Crippen molar-refractivity contribution >= 4 is 17.1 Å². The quantitative estimate of drug-likeness (QED) is 0.673. The molecule has 1 heterocycles. The number of benzene rings is 1. The Kier molecular flexibility index (Phi) is 6.15. The van der Waals surface area contributed by atoms with Crippen molar-refractivity contribution in [3.63, 3.8) is 0 Å². The van der Waals surface area contributed by atoms with Crippen molar-refractivity contribution in [2.45, 2.75) is 33.2 Å². The van der Waals surface area contributed by atoms with Crippen molar-refractivity contribution in [2.75, 3.05) is 13.1 Å². The van der Waals surface area contributed by atoms with E-state index >= 15 is 0 Å². The maximum atomic E-state index is 12.4. The number of thiophene rings is 1. The fourth-order valence-corrected chi connectivity index (χ4v) is 3.09. The standard InChI is InChI=1S/C18H23NOS/c1-3-6-15-8-10-16(11-9-15)18(20)14-19(4-2)13-17-7-5-12-21-17/h5,7-12H,3-4,6,13-14H2,1-2H3. The van der Waals surface area contributed by atoms with E-state index in [0.717, 1.165) is 31.5 Å². The van der Waals surface area contributed by atoms with Crippen LogP contribution in [0.3, 0.4) is 0 Å². The summed E-state index contributed by atoms with van der Waals surface area (Å²) in [6.45, 7) is 6.50. The van der Waals surface area contributed by atoms with Crippen LogP contribution in [0.15, 0.2) is 41.8 Å². The first-order valence-electron chi connectivity index (χ1n) is 7.59. The molecule has 0 radical (unpaired) electrons. The topological polar surface area (TPSA) is 20.3 Å². The van der Waals surface area contributed by atoms with Crippen LogP contribution in [-0.4, -0.2) is 23.8 Å². The first-order chi connectivity index (χ1) is 10.2. The third-order valence-corrected chi connectivity index (χ3v) is 4.45. The van der Waals surface area contributed by atoms with Crippen LogP contribution in [0.5, 0.6) is 0 Å². The summed E-state index contributed by atoms with van der Waals surface area (Å²) < 4.78 is 0. The molecule has 0 aliphatic heterocycles. The third-order valence-electron chi connectivity index (χ3n) is 3.59. The summed E-state index contributed by atoms with van der Waals surface area (Å²) in [6.07, 6.45) is 2.21. The smallest absolute Gasteiger partial charge is 0.176 e. The number of nitrogens with zero attached hydrogens (tertiary/aromatic N) is 1. The Morgan fingerprint density at radius 1 is 1.14 bits per heavy atom. The zero-order valence-electron chi connectivity index (χ0n) is 12.8. The van der Waals surface area contributed by atoms with Crippen LogP contribution in [0.4, 0.5) is 0 Å². The molecule has 0 amide bonds. The number of rotatable bonds is 8. The Morgan fingerprint density at radius 3 is 2.48 bits per heavy atom. The van der Waals surface area contributed by atoms with Gasteiger partial charge in [0.05, 0.1) is 6.54 Å². The van der Waals surface area contributed by atoms with E-state index in [9.17, 15) is 4.79 Å². The average molecular weight is 301 g/mol. The molecule has 0 spiro atoms. The summed E-state index contributed by atoms with van der Waals surface area (Å²) in [5, 5.41) is 2.08. The van der Waals surface area contributed by atoms with Gasteiger partial charge in [0.15, 0.2) is 5.78 Å². The van der Waals surface area contributed by atoms with Crippen LogP contribution >= 0.6 is 11.3 Å². The Morgan fingerprint density at radius 2 is 1.90 bits per heavy atom. The number of carbonyl (C=O) groups excluding carboxylic acids is 1. The van der Waals surface area contributed by atoms with Gasteiger partial charge in [-0.1, -0.05) is 50.6 Å². The lowest BCUT2D eigenvalue weighted by Crippen LogP contribution is -2.29. The maximum Gasteiger partial charge on any atom is 0.176 e. The molecular weight excluding hydrogens is 278 g/mol. The molecule has 1 aromatic carbocycles. The van der Waals surface area contributed by atoms with E-state index in [1.54, 1.807) is 11.3 Å². The Bertz CT molecular complexity index is 545. The van der Waals surface area contributed by atoms with Crippen molar-refractivity contribution in [3.8, 4) is 0 Å². The van der Waals surface area contributed by atoms with Gasteiger partial charge in [0.2, 0.25) is 0 Å². The molecule has 0 fully saturated rings. The number of carbonyl (C=O) groups is 1. The monoisotopic (exact) mass is 301 g/mol. The van der Waals surface area contributed by atoms with Crippen molar-refractivity contribution < 1.29 is 4.79 Å². The van der Waals surface area contributed by atoms with Gasteiger partial charge >= 0.3 is 0 Å². The first-order valence-corrected chi connectivity index (χ1v) is 8.47. The lowest BCUT2D eigenvalue weighted by molar-refractivity contribution is 0.0930. The molecule has 21 heavy (non-hydrogen) atoms. The number of likely N-dealkylation sites (N-methyl/N-ethyl adjacent to an activating group) is 1. The van der Waals surface area contributed by atoms with Crippen LogP contribution < -0.4 is 0 Å². The molecule has 2 nitrogen and oxygen atoms in total. The van der Waals surface area contributed by atoms with Crippen molar-refractivity contribution in [1.29, 1.82) is 0 Å². The second-order valence-electron chi connectivity index (χ2n) is 5.25. The largest absolute Gasteiger partial charge is 0.293 e. The van der Waals surface area contributed by atoms with Gasteiger partial charge in [-0.05, 0) is 30.0 Å². The van der Waals surface area contributed by atoms with E-state index < -0.39 is 0 Å². The maximum absolute atomic E-state index is 12.4. The molecule has 0 aliphatic rings. The highest BCUT2D eigenvalue weighted by atomic mass is 32.1. The summed E-state index contributed by atoms with van der Waals surface area (Å²) in [7, 11) is 0. The van der Waals surface area contributed by atoms with Gasteiger partial charge in [0.1, 0.15) is 0 Å². The van der Waals surface area contributed by atoms with Gasteiger partial charge < -0.3 is 0 Å². The number of aryl methyl sites for hydroxylation is 1. The lowest BCUT2D eigenvalue weighted by Gasteiger charge is -2.18. The van der Waals surface area contributed by atoms with Crippen LogP contribution in [0.25, 0.3) is 0 Å². The minimum absolute atomic E-state index is 0.205. The molecule has 0 atom stereocenters.